The highest BCUT2D eigenvalue weighted by Gasteiger charge is 2.35. The summed E-state index contributed by atoms with van der Waals surface area (Å²) in [6, 6.07) is 62.6. The van der Waals surface area contributed by atoms with E-state index in [0.29, 0.717) is 0 Å². The third-order valence-electron chi connectivity index (χ3n) is 10.3. The van der Waals surface area contributed by atoms with Gasteiger partial charge in [-0.05, 0) is 100 Å². The average Bonchev–Trinajstić information content (AvgIpc) is 3.36. The van der Waals surface area contributed by atoms with Crippen LogP contribution in [0.25, 0.3) is 77.2 Å². The average molecular weight is 599 g/mol. The Morgan fingerprint density at radius 3 is 1.43 bits per heavy atom. The Hall–Kier alpha value is -5.72. The molecule has 0 N–H and O–H groups in total. The lowest BCUT2D eigenvalue weighted by molar-refractivity contribution is 0.660. The van der Waals surface area contributed by atoms with E-state index < -0.39 is 0 Å². The van der Waals surface area contributed by atoms with Crippen LogP contribution in [0.3, 0.4) is 0 Å². The smallest absolute Gasteiger partial charge is 0.0158 e. The summed E-state index contributed by atoms with van der Waals surface area (Å²) in [5.74, 6) is 0. The van der Waals surface area contributed by atoms with Crippen LogP contribution in [0.15, 0.2) is 170 Å². The summed E-state index contributed by atoms with van der Waals surface area (Å²) < 4.78 is 0. The van der Waals surface area contributed by atoms with Gasteiger partial charge in [0.1, 0.15) is 0 Å². The van der Waals surface area contributed by atoms with Gasteiger partial charge < -0.3 is 0 Å². The van der Waals surface area contributed by atoms with Crippen LogP contribution in [-0.4, -0.2) is 0 Å². The molecule has 0 heterocycles. The molecule has 0 saturated carbocycles. The number of hydrogen-bond acceptors (Lipinski definition) is 0. The van der Waals surface area contributed by atoms with Crippen LogP contribution < -0.4 is 0 Å². The number of benzene rings is 8. The van der Waals surface area contributed by atoms with Gasteiger partial charge in [0.2, 0.25) is 0 Å². The van der Waals surface area contributed by atoms with Crippen molar-refractivity contribution in [2.24, 2.45) is 0 Å². The van der Waals surface area contributed by atoms with Crippen molar-refractivity contribution in [2.75, 3.05) is 0 Å². The van der Waals surface area contributed by atoms with E-state index in [0.717, 1.165) is 0 Å². The Balaban J connectivity index is 1.18. The van der Waals surface area contributed by atoms with Crippen LogP contribution in [0.2, 0.25) is 0 Å². The highest BCUT2D eigenvalue weighted by Crippen LogP contribution is 2.50. The summed E-state index contributed by atoms with van der Waals surface area (Å²) in [7, 11) is 0. The molecule has 0 heteroatoms. The maximum atomic E-state index is 2.39. The van der Waals surface area contributed by atoms with Crippen LogP contribution >= 0.6 is 0 Å². The molecule has 47 heavy (non-hydrogen) atoms. The Labute approximate surface area is 276 Å². The van der Waals surface area contributed by atoms with Crippen molar-refractivity contribution in [3.63, 3.8) is 0 Å². The van der Waals surface area contributed by atoms with Gasteiger partial charge in [-0.25, -0.2) is 0 Å². The summed E-state index contributed by atoms with van der Waals surface area (Å²) >= 11 is 0. The molecule has 0 nitrogen and oxygen atoms in total. The molecule has 0 aliphatic heterocycles. The molecule has 0 radical (unpaired) electrons. The van der Waals surface area contributed by atoms with E-state index in [2.05, 4.69) is 184 Å². The fourth-order valence-electron chi connectivity index (χ4n) is 7.96. The zero-order valence-corrected chi connectivity index (χ0v) is 26.7. The molecule has 1 aliphatic carbocycles. The van der Waals surface area contributed by atoms with E-state index in [1.807, 2.05) is 0 Å². The number of hydrogen-bond donors (Lipinski definition) is 0. The second-order valence-electron chi connectivity index (χ2n) is 13.3. The molecule has 0 fully saturated rings. The third kappa shape index (κ3) is 4.37. The summed E-state index contributed by atoms with van der Waals surface area (Å²) in [5.41, 5.74) is 15.6. The van der Waals surface area contributed by atoms with Gasteiger partial charge in [-0.3, -0.25) is 0 Å². The van der Waals surface area contributed by atoms with Gasteiger partial charge in [0.15, 0.2) is 0 Å². The van der Waals surface area contributed by atoms with Gasteiger partial charge in [-0.2, -0.15) is 0 Å². The number of rotatable bonds is 4. The van der Waals surface area contributed by atoms with Crippen molar-refractivity contribution in [1.29, 1.82) is 0 Å². The maximum Gasteiger partial charge on any atom is 0.0158 e. The molecule has 222 valence electrons. The summed E-state index contributed by atoms with van der Waals surface area (Å²) in [6.07, 6.45) is 0. The van der Waals surface area contributed by atoms with Crippen molar-refractivity contribution in [2.45, 2.75) is 19.3 Å². The fraction of sp³-hybridized carbons (Fsp3) is 0.0638. The van der Waals surface area contributed by atoms with Gasteiger partial charge in [0.05, 0.1) is 0 Å². The lowest BCUT2D eigenvalue weighted by atomic mass is 9.82. The third-order valence-corrected chi connectivity index (χ3v) is 10.3. The monoisotopic (exact) mass is 598 g/mol. The predicted octanol–water partition coefficient (Wildman–Crippen LogP) is 13.0. The van der Waals surface area contributed by atoms with Crippen LogP contribution in [0.1, 0.15) is 25.0 Å². The summed E-state index contributed by atoms with van der Waals surface area (Å²) in [4.78, 5) is 0. The molecule has 0 aromatic heterocycles. The lowest BCUT2D eigenvalue weighted by Crippen LogP contribution is -2.14. The first kappa shape index (κ1) is 27.6. The van der Waals surface area contributed by atoms with Gasteiger partial charge in [0, 0.05) is 5.41 Å². The standard InChI is InChI=1S/C47H34/c1-47(2)43-22-11-10-17-37(43)42-30-35(27-28-44(42)47)32-23-25-33(26-24-32)45-38-18-6-8-20-40(38)46(41-21-9-7-19-39(41)45)36-16-12-15-34(29-36)31-13-4-3-5-14-31/h3-30H,1-2H3. The molecule has 8 aromatic carbocycles. The van der Waals surface area contributed by atoms with E-state index in [9.17, 15) is 0 Å². The molecule has 0 saturated heterocycles. The molecule has 8 aromatic rings. The second-order valence-corrected chi connectivity index (χ2v) is 13.3. The minimum Gasteiger partial charge on any atom is -0.0622 e. The van der Waals surface area contributed by atoms with Crippen LogP contribution in [0.5, 0.6) is 0 Å². The lowest BCUT2D eigenvalue weighted by Gasteiger charge is -2.21. The molecule has 0 atom stereocenters. The van der Waals surface area contributed by atoms with Crippen LogP contribution in [0.4, 0.5) is 0 Å². The summed E-state index contributed by atoms with van der Waals surface area (Å²) in [5, 5.41) is 5.09. The highest BCUT2D eigenvalue weighted by molar-refractivity contribution is 6.21. The van der Waals surface area contributed by atoms with E-state index >= 15 is 0 Å². The predicted molar refractivity (Wildman–Crippen MR) is 201 cm³/mol. The number of fused-ring (bicyclic) bond motifs is 5. The molecular weight excluding hydrogens is 565 g/mol. The fourth-order valence-corrected chi connectivity index (χ4v) is 7.96. The highest BCUT2D eigenvalue weighted by atomic mass is 14.4. The molecule has 0 amide bonds. The molecule has 1 aliphatic rings. The Bertz CT molecular complexity index is 2400. The van der Waals surface area contributed by atoms with Crippen LogP contribution in [-0.2, 0) is 5.41 Å². The molecule has 0 bridgehead atoms. The van der Waals surface area contributed by atoms with Crippen molar-refractivity contribution in [3.05, 3.63) is 181 Å². The largest absolute Gasteiger partial charge is 0.0622 e. The van der Waals surface area contributed by atoms with Crippen molar-refractivity contribution < 1.29 is 0 Å². The van der Waals surface area contributed by atoms with E-state index in [1.165, 1.54) is 88.3 Å². The first-order valence-corrected chi connectivity index (χ1v) is 16.5. The topological polar surface area (TPSA) is 0 Å². The van der Waals surface area contributed by atoms with Gasteiger partial charge >= 0.3 is 0 Å². The Morgan fingerprint density at radius 1 is 0.298 bits per heavy atom. The van der Waals surface area contributed by atoms with E-state index in [4.69, 9.17) is 0 Å². The zero-order valence-electron chi connectivity index (χ0n) is 26.7. The zero-order chi connectivity index (χ0) is 31.5. The Kier molecular flexibility index (Phi) is 6.27. The minimum absolute atomic E-state index is 0.0193. The minimum atomic E-state index is 0.0193. The van der Waals surface area contributed by atoms with E-state index in [1.54, 1.807) is 0 Å². The van der Waals surface area contributed by atoms with Crippen molar-refractivity contribution in [1.82, 2.24) is 0 Å². The molecule has 0 spiro atoms. The first-order chi connectivity index (χ1) is 23.1. The molecular formula is C47H34. The quantitative estimate of drug-likeness (QED) is 0.177. The SMILES string of the molecule is CC1(C)c2ccccc2-c2cc(-c3ccc(-c4c5ccccc5c(-c5cccc(-c6ccccc6)c5)c5ccccc45)cc3)ccc21. The van der Waals surface area contributed by atoms with Gasteiger partial charge in [-0.15, -0.1) is 0 Å². The van der Waals surface area contributed by atoms with E-state index in [-0.39, 0.29) is 5.41 Å². The summed E-state index contributed by atoms with van der Waals surface area (Å²) in [6.45, 7) is 4.68. The van der Waals surface area contributed by atoms with Crippen molar-refractivity contribution >= 4 is 21.5 Å². The van der Waals surface area contributed by atoms with Crippen molar-refractivity contribution in [3.8, 4) is 55.6 Å². The van der Waals surface area contributed by atoms with Crippen LogP contribution in [0, 0.1) is 0 Å². The molecule has 0 unspecified atom stereocenters. The van der Waals surface area contributed by atoms with Gasteiger partial charge in [-0.1, -0.05) is 172 Å². The normalized spacial score (nSPS) is 13.1. The molecule has 9 rings (SSSR count). The Morgan fingerprint density at radius 2 is 0.745 bits per heavy atom. The second kappa shape index (κ2) is 10.7. The van der Waals surface area contributed by atoms with Gasteiger partial charge in [0.25, 0.3) is 0 Å². The maximum absolute atomic E-state index is 2.39. The first-order valence-electron chi connectivity index (χ1n) is 16.5.